The molecule has 4 fully saturated rings. The summed E-state index contributed by atoms with van der Waals surface area (Å²) < 4.78 is 26.6. The molecule has 42 heavy (non-hydrogen) atoms. The zero-order valence-electron chi connectivity index (χ0n) is 29.6. The molecule has 0 aliphatic heterocycles. The highest BCUT2D eigenvalue weighted by Gasteiger charge is 2.66. The summed E-state index contributed by atoms with van der Waals surface area (Å²) in [5.74, 6) is 3.49. The van der Waals surface area contributed by atoms with Crippen LogP contribution in [0.25, 0.3) is 0 Å². The molecule has 4 rings (SSSR count). The number of esters is 1. The van der Waals surface area contributed by atoms with E-state index < -0.39 is 25.0 Å². The number of carbonyl (C=O) groups excluding carboxylic acids is 1. The molecule has 8 unspecified atom stereocenters. The van der Waals surface area contributed by atoms with Gasteiger partial charge in [0.05, 0.1) is 19.3 Å². The van der Waals surface area contributed by atoms with E-state index in [1.165, 1.54) is 45.6 Å². The fourth-order valence-electron chi connectivity index (χ4n) is 10.5. The van der Waals surface area contributed by atoms with Gasteiger partial charge in [-0.1, -0.05) is 20.8 Å². The topological polar surface area (TPSA) is 54.0 Å². The second kappa shape index (κ2) is 12.3. The van der Waals surface area contributed by atoms with Crippen molar-refractivity contribution >= 4 is 30.9 Å². The maximum atomic E-state index is 12.0. The summed E-state index contributed by atoms with van der Waals surface area (Å²) in [7, 11) is -3.82. The number of methoxy groups -OCH3 is 1. The van der Waals surface area contributed by atoms with E-state index in [9.17, 15) is 4.79 Å². The average Bonchev–Trinajstić information content (AvgIpc) is 3.19. The highest BCUT2D eigenvalue weighted by atomic mass is 28.4. The van der Waals surface area contributed by atoms with Gasteiger partial charge < -0.3 is 18.0 Å². The predicted molar refractivity (Wildman–Crippen MR) is 181 cm³/mol. The van der Waals surface area contributed by atoms with E-state index in [-0.39, 0.29) is 23.6 Å². The Hall–Kier alpha value is 0.000649. The quantitative estimate of drug-likeness (QED) is 0.176. The van der Waals surface area contributed by atoms with Crippen LogP contribution < -0.4 is 0 Å². The molecule has 0 heterocycles. The Morgan fingerprint density at radius 2 is 1.29 bits per heavy atom. The third-order valence-corrected chi connectivity index (χ3v) is 14.9. The minimum Gasteiger partial charge on any atom is -0.469 e. The molecular weight excluding hydrogens is 573 g/mol. The molecule has 4 saturated carbocycles. The summed E-state index contributed by atoms with van der Waals surface area (Å²) in [6, 6.07) is 0. The largest absolute Gasteiger partial charge is 0.469 e. The van der Waals surface area contributed by atoms with Crippen LogP contribution in [0, 0.1) is 46.3 Å². The first-order valence-corrected chi connectivity index (χ1v) is 27.5. The third-order valence-electron chi connectivity index (χ3n) is 11.9. The molecule has 0 bridgehead atoms. The molecule has 0 saturated heterocycles. The minimum atomic E-state index is -1.85. The van der Waals surface area contributed by atoms with Crippen LogP contribution in [0.4, 0.5) is 0 Å². The zero-order chi connectivity index (χ0) is 31.5. The van der Waals surface area contributed by atoms with Crippen LogP contribution in [0.5, 0.6) is 0 Å². The molecule has 5 nitrogen and oxygen atoms in total. The van der Waals surface area contributed by atoms with Gasteiger partial charge in [-0.2, -0.15) is 0 Å². The summed E-state index contributed by atoms with van der Waals surface area (Å²) in [5, 5.41) is 0. The Balaban J connectivity index is 1.73. The van der Waals surface area contributed by atoms with Crippen molar-refractivity contribution in [2.24, 2.45) is 46.3 Å². The summed E-state index contributed by atoms with van der Waals surface area (Å²) in [5.41, 5.74) is 0.562. The number of hydrogen-bond acceptors (Lipinski definition) is 5. The van der Waals surface area contributed by atoms with Crippen molar-refractivity contribution < 1.29 is 22.8 Å². The average molecular weight is 639 g/mol. The normalized spacial score (nSPS) is 41.5. The van der Waals surface area contributed by atoms with E-state index in [0.717, 1.165) is 12.8 Å². The van der Waals surface area contributed by atoms with E-state index in [4.69, 9.17) is 18.0 Å². The Bertz CT molecular complexity index is 954. The van der Waals surface area contributed by atoms with Crippen molar-refractivity contribution in [3.05, 3.63) is 0 Å². The second-order valence-corrected chi connectivity index (χ2v) is 31.6. The second-order valence-electron chi connectivity index (χ2n) is 18.2. The standard InChI is InChI=1S/C34H66O5Si3/c1-23(14-17-29(35)36-4)25-15-16-26-30-27(19-21-33(25,26)2)34(3)20-18-24(37-40(5,6)7)22-28(34)31(38-41(8,9)10)32(30)39-42(11,12)13/h23-28,30-32H,14-22H2,1-13H3/t23?,24-,25?,26?,27?,28+,30?,31-,32?,33?,34?/m1/s1. The van der Waals surface area contributed by atoms with Crippen molar-refractivity contribution in [3.8, 4) is 0 Å². The van der Waals surface area contributed by atoms with Crippen molar-refractivity contribution in [2.45, 2.75) is 156 Å². The van der Waals surface area contributed by atoms with Gasteiger partial charge in [-0.05, 0) is 157 Å². The molecule has 0 radical (unpaired) electrons. The lowest BCUT2D eigenvalue weighted by molar-refractivity contribution is -0.213. The molecule has 0 aromatic rings. The van der Waals surface area contributed by atoms with E-state index in [2.05, 4.69) is 79.7 Å². The summed E-state index contributed by atoms with van der Waals surface area (Å²) >= 11 is 0. The van der Waals surface area contributed by atoms with Gasteiger partial charge in [-0.25, -0.2) is 0 Å². The lowest BCUT2D eigenvalue weighted by Crippen LogP contribution is -2.67. The highest BCUT2D eigenvalue weighted by Crippen LogP contribution is 2.69. The predicted octanol–water partition coefficient (Wildman–Crippen LogP) is 9.11. The molecule has 0 spiro atoms. The smallest absolute Gasteiger partial charge is 0.305 e. The summed E-state index contributed by atoms with van der Waals surface area (Å²) in [6.07, 6.45) is 10.9. The van der Waals surface area contributed by atoms with Crippen LogP contribution in [-0.4, -0.2) is 56.3 Å². The van der Waals surface area contributed by atoms with Gasteiger partial charge >= 0.3 is 5.97 Å². The third kappa shape index (κ3) is 7.35. The molecule has 4 aliphatic carbocycles. The molecule has 8 heteroatoms. The molecule has 0 N–H and O–H groups in total. The number of rotatable bonds is 10. The van der Waals surface area contributed by atoms with Crippen LogP contribution >= 0.6 is 0 Å². The van der Waals surface area contributed by atoms with Crippen LogP contribution in [0.15, 0.2) is 0 Å². The van der Waals surface area contributed by atoms with Gasteiger partial charge in [0.2, 0.25) is 0 Å². The monoisotopic (exact) mass is 638 g/mol. The van der Waals surface area contributed by atoms with Crippen molar-refractivity contribution in [2.75, 3.05) is 7.11 Å². The maximum absolute atomic E-state index is 12.0. The van der Waals surface area contributed by atoms with Crippen LogP contribution in [0.1, 0.15) is 78.6 Å². The van der Waals surface area contributed by atoms with Crippen LogP contribution in [0.2, 0.25) is 58.9 Å². The van der Waals surface area contributed by atoms with Crippen molar-refractivity contribution in [3.63, 3.8) is 0 Å². The van der Waals surface area contributed by atoms with Gasteiger partial charge in [0.15, 0.2) is 25.0 Å². The minimum absolute atomic E-state index is 0.0693. The van der Waals surface area contributed by atoms with Gasteiger partial charge in [0.25, 0.3) is 0 Å². The van der Waals surface area contributed by atoms with Crippen LogP contribution in [0.3, 0.4) is 0 Å². The fourth-order valence-corrected chi connectivity index (χ4v) is 13.9. The molecule has 0 amide bonds. The molecule has 0 aromatic heterocycles. The van der Waals surface area contributed by atoms with Crippen LogP contribution in [-0.2, 0) is 22.8 Å². The van der Waals surface area contributed by atoms with Crippen molar-refractivity contribution in [1.29, 1.82) is 0 Å². The van der Waals surface area contributed by atoms with E-state index in [1.54, 1.807) is 0 Å². The van der Waals surface area contributed by atoms with Gasteiger partial charge in [0.1, 0.15) is 0 Å². The first kappa shape index (κ1) is 34.9. The van der Waals surface area contributed by atoms with Crippen molar-refractivity contribution in [1.82, 2.24) is 0 Å². The fraction of sp³-hybridized carbons (Fsp3) is 0.971. The first-order chi connectivity index (χ1) is 19.2. The molecular formula is C34H66O5Si3. The Kier molecular flexibility index (Phi) is 10.2. The lowest BCUT2D eigenvalue weighted by Gasteiger charge is -2.66. The number of hydrogen-bond donors (Lipinski definition) is 0. The van der Waals surface area contributed by atoms with Gasteiger partial charge in [0, 0.05) is 12.5 Å². The highest BCUT2D eigenvalue weighted by molar-refractivity contribution is 6.70. The molecule has 4 aliphatic rings. The Morgan fingerprint density at radius 1 is 0.738 bits per heavy atom. The Labute approximate surface area is 262 Å². The SMILES string of the molecule is COC(=O)CCC(C)C1CCC2C3C(O[Si](C)(C)C)[C@H](O[Si](C)(C)C)[C@@H]4C[C@H](O[Si](C)(C)C)CCC4(C)C3CCC12C. The maximum Gasteiger partial charge on any atom is 0.305 e. The van der Waals surface area contributed by atoms with E-state index in [0.29, 0.717) is 53.4 Å². The summed E-state index contributed by atoms with van der Waals surface area (Å²) in [4.78, 5) is 12.0. The summed E-state index contributed by atoms with van der Waals surface area (Å²) in [6.45, 7) is 29.0. The van der Waals surface area contributed by atoms with Gasteiger partial charge in [-0.15, -0.1) is 0 Å². The zero-order valence-corrected chi connectivity index (χ0v) is 32.6. The lowest BCUT2D eigenvalue weighted by atomic mass is 9.43. The number of fused-ring (bicyclic) bond motifs is 5. The molecule has 0 aromatic carbocycles. The number of carbonyl (C=O) groups is 1. The first-order valence-electron chi connectivity index (χ1n) is 17.3. The Morgan fingerprint density at radius 3 is 1.86 bits per heavy atom. The van der Waals surface area contributed by atoms with E-state index in [1.807, 2.05) is 0 Å². The van der Waals surface area contributed by atoms with E-state index >= 15 is 0 Å². The number of ether oxygens (including phenoxy) is 1. The van der Waals surface area contributed by atoms with Gasteiger partial charge in [-0.3, -0.25) is 4.79 Å². The molecule has 244 valence electrons. The molecule has 11 atom stereocenters.